The second-order valence-electron chi connectivity index (χ2n) is 8.68. The monoisotopic (exact) mass is 400 g/mol. The average molecular weight is 401 g/mol. The Labute approximate surface area is 174 Å². The molecule has 29 heavy (non-hydrogen) atoms. The minimum Gasteiger partial charge on any atom is -0.236 e. The molecule has 4 heteroatoms. The number of nitrogens with zero attached hydrogens (tertiary/aromatic N) is 2. The van der Waals surface area contributed by atoms with Gasteiger partial charge in [0.1, 0.15) is 0 Å². The van der Waals surface area contributed by atoms with Crippen molar-refractivity contribution in [2.75, 3.05) is 0 Å². The molecule has 158 valence electrons. The summed E-state index contributed by atoms with van der Waals surface area (Å²) in [6, 6.07) is 3.78. The smallest absolute Gasteiger partial charge is 0.159 e. The summed E-state index contributed by atoms with van der Waals surface area (Å²) in [6.45, 7) is 2.27. The zero-order valence-electron chi connectivity index (χ0n) is 17.7. The summed E-state index contributed by atoms with van der Waals surface area (Å²) >= 11 is 0. The second kappa shape index (κ2) is 11.4. The van der Waals surface area contributed by atoms with E-state index in [0.29, 0.717) is 11.4 Å². The summed E-state index contributed by atoms with van der Waals surface area (Å²) in [7, 11) is 0. The highest BCUT2D eigenvalue weighted by Gasteiger charge is 2.21. The van der Waals surface area contributed by atoms with Crippen molar-refractivity contribution >= 4 is 0 Å². The van der Waals surface area contributed by atoms with E-state index in [1.54, 1.807) is 0 Å². The normalized spacial score (nSPS) is 19.4. The molecule has 1 saturated carbocycles. The number of aryl methyl sites for hydroxylation is 1. The van der Waals surface area contributed by atoms with Crippen LogP contribution in [0.5, 0.6) is 0 Å². The van der Waals surface area contributed by atoms with Crippen LogP contribution in [0.25, 0.3) is 11.4 Å². The van der Waals surface area contributed by atoms with Gasteiger partial charge in [0.15, 0.2) is 17.5 Å². The van der Waals surface area contributed by atoms with E-state index in [0.717, 1.165) is 36.0 Å². The summed E-state index contributed by atoms with van der Waals surface area (Å²) in [4.78, 5) is 8.73. The molecular formula is C25H34F2N2. The summed E-state index contributed by atoms with van der Waals surface area (Å²) in [5.41, 5.74) is 1.63. The van der Waals surface area contributed by atoms with Crippen molar-refractivity contribution in [3.05, 3.63) is 47.8 Å². The lowest BCUT2D eigenvalue weighted by Crippen LogP contribution is -2.16. The minimum absolute atomic E-state index is 0.438. The van der Waals surface area contributed by atoms with Crippen LogP contribution in [-0.4, -0.2) is 9.97 Å². The number of hydrogen-bond acceptors (Lipinski definition) is 2. The summed E-state index contributed by atoms with van der Waals surface area (Å²) in [5, 5.41) is 0. The van der Waals surface area contributed by atoms with Crippen molar-refractivity contribution in [2.24, 2.45) is 11.8 Å². The zero-order chi connectivity index (χ0) is 20.5. The van der Waals surface area contributed by atoms with Gasteiger partial charge in [0, 0.05) is 18.0 Å². The van der Waals surface area contributed by atoms with Crippen molar-refractivity contribution < 1.29 is 8.78 Å². The molecule has 0 bridgehead atoms. The number of hydrogen-bond donors (Lipinski definition) is 0. The van der Waals surface area contributed by atoms with E-state index >= 15 is 0 Å². The maximum Gasteiger partial charge on any atom is 0.159 e. The number of unbranched alkanes of at least 4 members (excludes halogenated alkanes) is 4. The fourth-order valence-electron chi connectivity index (χ4n) is 4.60. The van der Waals surface area contributed by atoms with E-state index in [2.05, 4.69) is 16.9 Å². The van der Waals surface area contributed by atoms with Crippen LogP contribution in [0.15, 0.2) is 30.6 Å². The SMILES string of the molecule is CCCCCCCC1CCCC(CCc2cnc(-c3ccc(F)c(F)c3)nc2)C1. The van der Waals surface area contributed by atoms with Crippen molar-refractivity contribution in [2.45, 2.75) is 84.0 Å². The Morgan fingerprint density at radius 2 is 1.62 bits per heavy atom. The number of halogens is 2. The molecule has 2 aromatic rings. The van der Waals surface area contributed by atoms with Crippen molar-refractivity contribution in [3.63, 3.8) is 0 Å². The van der Waals surface area contributed by atoms with Gasteiger partial charge in [-0.25, -0.2) is 18.7 Å². The van der Waals surface area contributed by atoms with Crippen LogP contribution in [0.4, 0.5) is 8.78 Å². The highest BCUT2D eigenvalue weighted by Crippen LogP contribution is 2.34. The topological polar surface area (TPSA) is 25.8 Å². The molecule has 1 aromatic heterocycles. The van der Waals surface area contributed by atoms with Gasteiger partial charge in [0.05, 0.1) is 0 Å². The first-order chi connectivity index (χ1) is 14.2. The van der Waals surface area contributed by atoms with Crippen LogP contribution >= 0.6 is 0 Å². The van der Waals surface area contributed by atoms with Crippen LogP contribution in [-0.2, 0) is 6.42 Å². The van der Waals surface area contributed by atoms with Crippen LogP contribution in [0.1, 0.15) is 83.1 Å². The summed E-state index contributed by atoms with van der Waals surface area (Å²) in [5.74, 6) is 0.454. The molecule has 1 aliphatic rings. The lowest BCUT2D eigenvalue weighted by Gasteiger charge is -2.29. The minimum atomic E-state index is -0.868. The van der Waals surface area contributed by atoms with Gasteiger partial charge < -0.3 is 0 Å². The molecule has 0 N–H and O–H groups in total. The maximum atomic E-state index is 13.4. The van der Waals surface area contributed by atoms with Crippen molar-refractivity contribution in [1.82, 2.24) is 9.97 Å². The standard InChI is InChI=1S/C25H34F2N2/c1-2-3-4-5-6-8-19-9-7-10-20(15-19)11-12-21-17-28-25(29-18-21)22-13-14-23(26)24(27)16-22/h13-14,16-20H,2-12,15H2,1H3. The van der Waals surface area contributed by atoms with Crippen LogP contribution in [0, 0.1) is 23.5 Å². The first kappa shape index (κ1) is 21.9. The predicted octanol–water partition coefficient (Wildman–Crippen LogP) is 7.52. The highest BCUT2D eigenvalue weighted by atomic mass is 19.2. The Hall–Kier alpha value is -1.84. The third-order valence-corrected chi connectivity index (χ3v) is 6.33. The first-order valence-corrected chi connectivity index (χ1v) is 11.4. The quantitative estimate of drug-likeness (QED) is 0.385. The summed E-state index contributed by atoms with van der Waals surface area (Å²) in [6.07, 6.45) is 19.7. The Morgan fingerprint density at radius 1 is 0.897 bits per heavy atom. The van der Waals surface area contributed by atoms with Gasteiger partial charge in [-0.15, -0.1) is 0 Å². The maximum absolute atomic E-state index is 13.4. The lowest BCUT2D eigenvalue weighted by atomic mass is 9.77. The molecule has 0 saturated heterocycles. The second-order valence-corrected chi connectivity index (χ2v) is 8.68. The molecule has 1 aromatic carbocycles. The van der Waals surface area contributed by atoms with Gasteiger partial charge in [-0.1, -0.05) is 64.7 Å². The van der Waals surface area contributed by atoms with Crippen molar-refractivity contribution in [1.29, 1.82) is 0 Å². The van der Waals surface area contributed by atoms with Crippen LogP contribution in [0.3, 0.4) is 0 Å². The van der Waals surface area contributed by atoms with Crippen LogP contribution < -0.4 is 0 Å². The molecular weight excluding hydrogens is 366 g/mol. The van der Waals surface area contributed by atoms with Gasteiger partial charge in [-0.2, -0.15) is 0 Å². The lowest BCUT2D eigenvalue weighted by molar-refractivity contribution is 0.239. The largest absolute Gasteiger partial charge is 0.236 e. The molecule has 2 unspecified atom stereocenters. The Bertz CT molecular complexity index is 745. The predicted molar refractivity (Wildman–Crippen MR) is 115 cm³/mol. The molecule has 1 aliphatic carbocycles. The van der Waals surface area contributed by atoms with Gasteiger partial charge in [0.2, 0.25) is 0 Å². The number of aromatic nitrogens is 2. The van der Waals surface area contributed by atoms with E-state index in [4.69, 9.17) is 0 Å². The summed E-state index contributed by atoms with van der Waals surface area (Å²) < 4.78 is 26.5. The van der Waals surface area contributed by atoms with Gasteiger partial charge in [-0.3, -0.25) is 0 Å². The van der Waals surface area contributed by atoms with E-state index in [-0.39, 0.29) is 0 Å². The van der Waals surface area contributed by atoms with E-state index in [9.17, 15) is 8.78 Å². The Morgan fingerprint density at radius 3 is 2.34 bits per heavy atom. The molecule has 3 rings (SSSR count). The fraction of sp³-hybridized carbons (Fsp3) is 0.600. The highest BCUT2D eigenvalue weighted by molar-refractivity contribution is 5.54. The van der Waals surface area contributed by atoms with Crippen molar-refractivity contribution in [3.8, 4) is 11.4 Å². The molecule has 2 nitrogen and oxygen atoms in total. The Balaban J connectivity index is 1.44. The molecule has 0 aliphatic heterocycles. The molecule has 1 fully saturated rings. The van der Waals surface area contributed by atoms with Crippen LogP contribution in [0.2, 0.25) is 0 Å². The molecule has 0 amide bonds. The molecule has 1 heterocycles. The van der Waals surface area contributed by atoms with Gasteiger partial charge in [0.25, 0.3) is 0 Å². The zero-order valence-corrected chi connectivity index (χ0v) is 17.7. The van der Waals surface area contributed by atoms with Gasteiger partial charge >= 0.3 is 0 Å². The molecule has 2 atom stereocenters. The third kappa shape index (κ3) is 6.87. The Kier molecular flexibility index (Phi) is 8.57. The number of benzene rings is 1. The number of rotatable bonds is 10. The fourth-order valence-corrected chi connectivity index (χ4v) is 4.60. The average Bonchev–Trinajstić information content (AvgIpc) is 2.75. The third-order valence-electron chi connectivity index (χ3n) is 6.33. The van der Waals surface area contributed by atoms with Gasteiger partial charge in [-0.05, 0) is 54.9 Å². The van der Waals surface area contributed by atoms with E-state index < -0.39 is 11.6 Å². The molecule has 0 spiro atoms. The molecule has 0 radical (unpaired) electrons. The first-order valence-electron chi connectivity index (χ1n) is 11.4. The van der Waals surface area contributed by atoms with E-state index in [1.807, 2.05) is 12.4 Å². The van der Waals surface area contributed by atoms with E-state index in [1.165, 1.54) is 76.7 Å².